The van der Waals surface area contributed by atoms with Crippen LogP contribution in [0.15, 0.2) is 36.5 Å². The highest BCUT2D eigenvalue weighted by Crippen LogP contribution is 2.28. The molecule has 0 unspecified atom stereocenters. The maximum Gasteiger partial charge on any atom is 0.433 e. The molecule has 2 aromatic heterocycles. The first-order chi connectivity index (χ1) is 9.91. The lowest BCUT2D eigenvalue weighted by molar-refractivity contribution is -0.141. The molecular formula is C14H11F3N4. The Bertz CT molecular complexity index is 792. The van der Waals surface area contributed by atoms with Crippen molar-refractivity contribution >= 4 is 22.5 Å². The van der Waals surface area contributed by atoms with Gasteiger partial charge in [0, 0.05) is 28.5 Å². The van der Waals surface area contributed by atoms with E-state index in [-0.39, 0.29) is 5.95 Å². The molecule has 2 N–H and O–H groups in total. The van der Waals surface area contributed by atoms with Gasteiger partial charge in [0.2, 0.25) is 5.95 Å². The number of alkyl halides is 3. The van der Waals surface area contributed by atoms with Crippen LogP contribution in [0.5, 0.6) is 0 Å². The van der Waals surface area contributed by atoms with Crippen molar-refractivity contribution in [2.75, 3.05) is 5.32 Å². The number of aromatic amines is 1. The van der Waals surface area contributed by atoms with Crippen LogP contribution in [0.4, 0.5) is 24.8 Å². The van der Waals surface area contributed by atoms with E-state index in [1.54, 1.807) is 6.07 Å². The summed E-state index contributed by atoms with van der Waals surface area (Å²) in [6.07, 6.45) is -3.40. The molecule has 0 saturated heterocycles. The molecule has 3 aromatic rings. The highest BCUT2D eigenvalue weighted by Gasteiger charge is 2.32. The van der Waals surface area contributed by atoms with Crippen molar-refractivity contribution in [3.8, 4) is 0 Å². The van der Waals surface area contributed by atoms with Gasteiger partial charge in [-0.2, -0.15) is 13.2 Å². The van der Waals surface area contributed by atoms with Crippen LogP contribution in [0.1, 0.15) is 11.4 Å². The molecule has 3 rings (SSSR count). The molecular weight excluding hydrogens is 281 g/mol. The van der Waals surface area contributed by atoms with E-state index in [9.17, 15) is 13.2 Å². The second-order valence-corrected chi connectivity index (χ2v) is 4.64. The molecule has 0 aliphatic rings. The Kier molecular flexibility index (Phi) is 3.04. The molecule has 0 saturated carbocycles. The summed E-state index contributed by atoms with van der Waals surface area (Å²) in [6, 6.07) is 8.21. The lowest BCUT2D eigenvalue weighted by atomic mass is 10.2. The molecule has 108 valence electrons. The molecule has 21 heavy (non-hydrogen) atoms. The molecule has 0 spiro atoms. The van der Waals surface area contributed by atoms with Gasteiger partial charge in [-0.3, -0.25) is 0 Å². The minimum Gasteiger partial charge on any atom is -0.359 e. The van der Waals surface area contributed by atoms with Crippen molar-refractivity contribution in [2.24, 2.45) is 0 Å². The van der Waals surface area contributed by atoms with Gasteiger partial charge in [0.15, 0.2) is 0 Å². The van der Waals surface area contributed by atoms with E-state index in [2.05, 4.69) is 20.3 Å². The maximum absolute atomic E-state index is 12.6. The molecule has 7 heteroatoms. The minimum absolute atomic E-state index is 0.0866. The number of hydrogen-bond acceptors (Lipinski definition) is 3. The molecule has 0 amide bonds. The van der Waals surface area contributed by atoms with Gasteiger partial charge >= 0.3 is 6.18 Å². The lowest BCUT2D eigenvalue weighted by Crippen LogP contribution is -2.10. The lowest BCUT2D eigenvalue weighted by Gasteiger charge is -2.08. The third-order valence-electron chi connectivity index (χ3n) is 2.96. The van der Waals surface area contributed by atoms with Gasteiger partial charge in [-0.05, 0) is 37.3 Å². The van der Waals surface area contributed by atoms with Crippen LogP contribution in [-0.4, -0.2) is 15.0 Å². The summed E-state index contributed by atoms with van der Waals surface area (Å²) in [7, 11) is 0. The van der Waals surface area contributed by atoms with Crippen molar-refractivity contribution in [3.63, 3.8) is 0 Å². The van der Waals surface area contributed by atoms with E-state index in [0.717, 1.165) is 28.9 Å². The largest absolute Gasteiger partial charge is 0.433 e. The molecule has 0 radical (unpaired) electrons. The van der Waals surface area contributed by atoms with Crippen molar-refractivity contribution in [2.45, 2.75) is 13.1 Å². The summed E-state index contributed by atoms with van der Waals surface area (Å²) in [5.74, 6) is -0.0866. The number of rotatable bonds is 2. The number of nitrogens with zero attached hydrogens (tertiary/aromatic N) is 2. The smallest absolute Gasteiger partial charge is 0.359 e. The van der Waals surface area contributed by atoms with Crippen molar-refractivity contribution in [3.05, 3.63) is 47.9 Å². The Hall–Kier alpha value is -2.57. The molecule has 0 aliphatic carbocycles. The first kappa shape index (κ1) is 13.4. The fraction of sp³-hybridized carbons (Fsp3) is 0.143. The number of benzene rings is 1. The number of anilines is 2. The topological polar surface area (TPSA) is 53.6 Å². The van der Waals surface area contributed by atoms with E-state index < -0.39 is 11.9 Å². The maximum atomic E-state index is 12.6. The molecule has 2 heterocycles. The Morgan fingerprint density at radius 3 is 2.71 bits per heavy atom. The van der Waals surface area contributed by atoms with E-state index >= 15 is 0 Å². The molecule has 0 bridgehead atoms. The number of hydrogen-bond donors (Lipinski definition) is 2. The SMILES string of the molecule is Cc1cc2cc(Nc3nccc(C(F)(F)F)n3)ccc2[nH]1. The second kappa shape index (κ2) is 4.76. The predicted octanol–water partition coefficient (Wildman–Crippen LogP) is 4.03. The van der Waals surface area contributed by atoms with Crippen LogP contribution in [0.3, 0.4) is 0 Å². The average Bonchev–Trinajstić information content (AvgIpc) is 2.77. The van der Waals surface area contributed by atoms with Gasteiger partial charge < -0.3 is 10.3 Å². The number of fused-ring (bicyclic) bond motifs is 1. The van der Waals surface area contributed by atoms with Crippen LogP contribution in [-0.2, 0) is 6.18 Å². The van der Waals surface area contributed by atoms with Gasteiger partial charge in [-0.25, -0.2) is 9.97 Å². The summed E-state index contributed by atoms with van der Waals surface area (Å²) in [5.41, 5.74) is 1.62. The predicted molar refractivity (Wildman–Crippen MR) is 73.4 cm³/mol. The first-order valence-electron chi connectivity index (χ1n) is 6.18. The zero-order chi connectivity index (χ0) is 15.0. The molecule has 0 fully saturated rings. The van der Waals surface area contributed by atoms with Gasteiger partial charge in [-0.15, -0.1) is 0 Å². The summed E-state index contributed by atoms with van der Waals surface area (Å²) in [6.45, 7) is 1.93. The van der Waals surface area contributed by atoms with Crippen LogP contribution >= 0.6 is 0 Å². The summed E-state index contributed by atoms with van der Waals surface area (Å²) in [4.78, 5) is 10.4. The normalized spacial score (nSPS) is 11.8. The zero-order valence-electron chi connectivity index (χ0n) is 11.0. The number of aromatic nitrogens is 3. The third-order valence-corrected chi connectivity index (χ3v) is 2.96. The Balaban J connectivity index is 1.91. The van der Waals surface area contributed by atoms with Gasteiger partial charge in [0.25, 0.3) is 0 Å². The van der Waals surface area contributed by atoms with Crippen LogP contribution in [0.25, 0.3) is 10.9 Å². The van der Waals surface area contributed by atoms with E-state index in [1.807, 2.05) is 25.1 Å². The van der Waals surface area contributed by atoms with Crippen LogP contribution in [0.2, 0.25) is 0 Å². The third kappa shape index (κ3) is 2.81. The Morgan fingerprint density at radius 1 is 1.14 bits per heavy atom. The summed E-state index contributed by atoms with van der Waals surface area (Å²) < 4.78 is 37.8. The first-order valence-corrected chi connectivity index (χ1v) is 6.18. The molecule has 4 nitrogen and oxygen atoms in total. The Morgan fingerprint density at radius 2 is 1.95 bits per heavy atom. The van der Waals surface area contributed by atoms with Gasteiger partial charge in [0.1, 0.15) is 5.69 Å². The van der Waals surface area contributed by atoms with E-state index in [0.29, 0.717) is 5.69 Å². The number of H-pyrrole nitrogens is 1. The van der Waals surface area contributed by atoms with Crippen LogP contribution in [0, 0.1) is 6.92 Å². The monoisotopic (exact) mass is 292 g/mol. The van der Waals surface area contributed by atoms with Crippen molar-refractivity contribution < 1.29 is 13.2 Å². The van der Waals surface area contributed by atoms with E-state index in [1.165, 1.54) is 0 Å². The number of halogens is 3. The molecule has 0 aliphatic heterocycles. The standard InChI is InChI=1S/C14H11F3N4/c1-8-6-9-7-10(2-3-11(9)19-8)20-13-18-5-4-12(21-13)14(15,16)17/h2-7,19H,1H3,(H,18,20,21). The number of aryl methyl sites for hydroxylation is 1. The van der Waals surface area contributed by atoms with Crippen LogP contribution < -0.4 is 5.32 Å². The van der Waals surface area contributed by atoms with E-state index in [4.69, 9.17) is 0 Å². The highest BCUT2D eigenvalue weighted by molar-refractivity contribution is 5.84. The average molecular weight is 292 g/mol. The Labute approximate surface area is 118 Å². The number of nitrogens with one attached hydrogen (secondary N) is 2. The highest BCUT2D eigenvalue weighted by atomic mass is 19.4. The second-order valence-electron chi connectivity index (χ2n) is 4.64. The minimum atomic E-state index is -4.49. The summed E-state index contributed by atoms with van der Waals surface area (Å²) in [5, 5.41) is 3.74. The van der Waals surface area contributed by atoms with Gasteiger partial charge in [-0.1, -0.05) is 0 Å². The fourth-order valence-electron chi connectivity index (χ4n) is 2.06. The quantitative estimate of drug-likeness (QED) is 0.749. The fourth-order valence-corrected chi connectivity index (χ4v) is 2.06. The van der Waals surface area contributed by atoms with Crippen molar-refractivity contribution in [1.29, 1.82) is 0 Å². The zero-order valence-corrected chi connectivity index (χ0v) is 11.0. The molecule has 1 aromatic carbocycles. The van der Waals surface area contributed by atoms with Gasteiger partial charge in [0.05, 0.1) is 0 Å². The molecule has 0 atom stereocenters. The summed E-state index contributed by atoms with van der Waals surface area (Å²) >= 11 is 0. The van der Waals surface area contributed by atoms with Crippen molar-refractivity contribution in [1.82, 2.24) is 15.0 Å².